The molecule has 1 unspecified atom stereocenters. The number of ketones is 1. The molecule has 14 heavy (non-hydrogen) atoms. The first-order valence-electron chi connectivity index (χ1n) is 4.15. The monoisotopic (exact) mass is 197 g/mol. The van der Waals surface area contributed by atoms with Crippen molar-refractivity contribution in [3.05, 3.63) is 29.6 Å². The van der Waals surface area contributed by atoms with Gasteiger partial charge >= 0.3 is 0 Å². The number of halogens is 1. The van der Waals surface area contributed by atoms with Crippen molar-refractivity contribution in [2.45, 2.75) is 13.0 Å². The van der Waals surface area contributed by atoms with E-state index in [0.29, 0.717) is 5.75 Å². The highest BCUT2D eigenvalue weighted by atomic mass is 19.1. The summed E-state index contributed by atoms with van der Waals surface area (Å²) in [4.78, 5) is 11.0. The number of Topliss-reactive ketones (excluding diaryl/α,β-unsaturated/α-hetero) is 1. The molecule has 0 bridgehead atoms. The van der Waals surface area contributed by atoms with Crippen LogP contribution in [0.1, 0.15) is 18.5 Å². The second kappa shape index (κ2) is 4.19. The third-order valence-electron chi connectivity index (χ3n) is 1.98. The molecule has 0 saturated carbocycles. The second-order valence-electron chi connectivity index (χ2n) is 2.98. The summed E-state index contributed by atoms with van der Waals surface area (Å²) in [6.45, 7) is 1.32. The van der Waals surface area contributed by atoms with Gasteiger partial charge in [-0.2, -0.15) is 0 Å². The van der Waals surface area contributed by atoms with E-state index in [1.807, 2.05) is 0 Å². The van der Waals surface area contributed by atoms with E-state index in [1.165, 1.54) is 32.2 Å². The summed E-state index contributed by atoms with van der Waals surface area (Å²) < 4.78 is 18.1. The lowest BCUT2D eigenvalue weighted by molar-refractivity contribution is -0.118. The van der Waals surface area contributed by atoms with Crippen LogP contribution in [0.2, 0.25) is 0 Å². The lowest BCUT2D eigenvalue weighted by Gasteiger charge is -2.10. The standard InChI is InChI=1S/C10H12FNO2/c1-6(13)10(12)8-5-7(14-2)3-4-9(8)11/h3-5,10H,12H2,1-2H3. The van der Waals surface area contributed by atoms with Gasteiger partial charge in [0, 0.05) is 5.56 Å². The number of nitrogens with two attached hydrogens (primary N) is 1. The first kappa shape index (κ1) is 10.7. The van der Waals surface area contributed by atoms with Crippen LogP contribution in [0, 0.1) is 5.82 Å². The van der Waals surface area contributed by atoms with Crippen molar-refractivity contribution in [2.24, 2.45) is 5.73 Å². The predicted octanol–water partition coefficient (Wildman–Crippen LogP) is 1.42. The van der Waals surface area contributed by atoms with Gasteiger partial charge in [0.1, 0.15) is 11.6 Å². The van der Waals surface area contributed by atoms with Crippen molar-refractivity contribution in [3.63, 3.8) is 0 Å². The molecule has 0 fully saturated rings. The Morgan fingerprint density at radius 3 is 2.71 bits per heavy atom. The molecule has 0 amide bonds. The van der Waals surface area contributed by atoms with Gasteiger partial charge in [-0.1, -0.05) is 0 Å². The lowest BCUT2D eigenvalue weighted by atomic mass is 10.0. The molecule has 2 N–H and O–H groups in total. The van der Waals surface area contributed by atoms with E-state index in [0.717, 1.165) is 0 Å². The zero-order chi connectivity index (χ0) is 10.7. The van der Waals surface area contributed by atoms with Gasteiger partial charge in [0.05, 0.1) is 13.2 Å². The molecular weight excluding hydrogens is 185 g/mol. The van der Waals surface area contributed by atoms with Crippen LogP contribution in [0.15, 0.2) is 18.2 Å². The van der Waals surface area contributed by atoms with Crippen molar-refractivity contribution in [1.82, 2.24) is 0 Å². The van der Waals surface area contributed by atoms with E-state index in [1.54, 1.807) is 0 Å². The Morgan fingerprint density at radius 1 is 1.57 bits per heavy atom. The molecule has 0 heterocycles. The minimum Gasteiger partial charge on any atom is -0.497 e. The number of hydrogen-bond donors (Lipinski definition) is 1. The van der Waals surface area contributed by atoms with Crippen LogP contribution in [-0.4, -0.2) is 12.9 Å². The van der Waals surface area contributed by atoms with Crippen LogP contribution in [0.3, 0.4) is 0 Å². The molecule has 1 atom stereocenters. The Hall–Kier alpha value is -1.42. The lowest BCUT2D eigenvalue weighted by Crippen LogP contribution is -2.19. The van der Waals surface area contributed by atoms with Crippen molar-refractivity contribution in [1.29, 1.82) is 0 Å². The van der Waals surface area contributed by atoms with E-state index >= 15 is 0 Å². The van der Waals surface area contributed by atoms with E-state index in [9.17, 15) is 9.18 Å². The maximum atomic E-state index is 13.2. The smallest absolute Gasteiger partial charge is 0.151 e. The fourth-order valence-corrected chi connectivity index (χ4v) is 1.11. The van der Waals surface area contributed by atoms with Crippen molar-refractivity contribution in [3.8, 4) is 5.75 Å². The SMILES string of the molecule is COc1ccc(F)c(C(N)C(C)=O)c1. The third kappa shape index (κ3) is 2.09. The summed E-state index contributed by atoms with van der Waals surface area (Å²) >= 11 is 0. The van der Waals surface area contributed by atoms with Gasteiger partial charge in [0.25, 0.3) is 0 Å². The molecule has 4 heteroatoms. The summed E-state index contributed by atoms with van der Waals surface area (Å²) in [5.74, 6) is -0.288. The van der Waals surface area contributed by atoms with E-state index in [4.69, 9.17) is 10.5 Å². The molecule has 0 aliphatic carbocycles. The summed E-state index contributed by atoms with van der Waals surface area (Å²) in [5.41, 5.74) is 5.68. The molecule has 1 rings (SSSR count). The topological polar surface area (TPSA) is 52.3 Å². The van der Waals surface area contributed by atoms with Crippen LogP contribution >= 0.6 is 0 Å². The molecule has 76 valence electrons. The normalized spacial score (nSPS) is 12.3. The predicted molar refractivity (Wildman–Crippen MR) is 50.6 cm³/mol. The Morgan fingerprint density at radius 2 is 2.21 bits per heavy atom. The van der Waals surface area contributed by atoms with Crippen molar-refractivity contribution in [2.75, 3.05) is 7.11 Å². The summed E-state index contributed by atoms with van der Waals surface area (Å²) in [6.07, 6.45) is 0. The molecule has 1 aromatic rings. The average Bonchev–Trinajstić information content (AvgIpc) is 2.17. The molecule has 0 aliphatic rings. The number of carbonyl (C=O) groups is 1. The molecule has 0 saturated heterocycles. The average molecular weight is 197 g/mol. The molecular formula is C10H12FNO2. The molecule has 0 radical (unpaired) electrons. The van der Waals surface area contributed by atoms with Crippen molar-refractivity contribution < 1.29 is 13.9 Å². The number of ether oxygens (including phenoxy) is 1. The Balaban J connectivity index is 3.11. The largest absolute Gasteiger partial charge is 0.497 e. The highest BCUT2D eigenvalue weighted by Gasteiger charge is 2.16. The summed E-state index contributed by atoms with van der Waals surface area (Å²) in [6, 6.07) is 3.22. The fourth-order valence-electron chi connectivity index (χ4n) is 1.11. The molecule has 1 aromatic carbocycles. The number of methoxy groups -OCH3 is 1. The van der Waals surface area contributed by atoms with Crippen LogP contribution < -0.4 is 10.5 Å². The quantitative estimate of drug-likeness (QED) is 0.797. The molecule has 0 spiro atoms. The fraction of sp³-hybridized carbons (Fsp3) is 0.300. The van der Waals surface area contributed by atoms with Gasteiger partial charge in [-0.25, -0.2) is 4.39 Å². The second-order valence-corrected chi connectivity index (χ2v) is 2.98. The van der Waals surface area contributed by atoms with Crippen LogP contribution in [0.25, 0.3) is 0 Å². The summed E-state index contributed by atoms with van der Waals surface area (Å²) in [5, 5.41) is 0. The van der Waals surface area contributed by atoms with Gasteiger partial charge in [0.2, 0.25) is 0 Å². The van der Waals surface area contributed by atoms with Gasteiger partial charge in [-0.05, 0) is 25.1 Å². The minimum atomic E-state index is -0.926. The van der Waals surface area contributed by atoms with Crippen LogP contribution in [0.5, 0.6) is 5.75 Å². The Bertz CT molecular complexity index is 352. The Labute approximate surface area is 81.7 Å². The number of hydrogen-bond acceptors (Lipinski definition) is 3. The van der Waals surface area contributed by atoms with E-state index < -0.39 is 11.9 Å². The van der Waals surface area contributed by atoms with Crippen molar-refractivity contribution >= 4 is 5.78 Å². The van der Waals surface area contributed by atoms with Gasteiger partial charge in [0.15, 0.2) is 5.78 Å². The highest BCUT2D eigenvalue weighted by molar-refractivity contribution is 5.82. The van der Waals surface area contributed by atoms with Gasteiger partial charge in [-0.15, -0.1) is 0 Å². The van der Waals surface area contributed by atoms with E-state index in [2.05, 4.69) is 0 Å². The Kier molecular flexibility index (Phi) is 3.19. The minimum absolute atomic E-state index is 0.164. The van der Waals surface area contributed by atoms with Crippen LogP contribution in [-0.2, 0) is 4.79 Å². The molecule has 3 nitrogen and oxygen atoms in total. The zero-order valence-corrected chi connectivity index (χ0v) is 8.08. The summed E-state index contributed by atoms with van der Waals surface area (Å²) in [7, 11) is 1.47. The highest BCUT2D eigenvalue weighted by Crippen LogP contribution is 2.21. The first-order valence-corrected chi connectivity index (χ1v) is 4.15. The van der Waals surface area contributed by atoms with Gasteiger partial charge in [-0.3, -0.25) is 4.79 Å². The van der Waals surface area contributed by atoms with E-state index in [-0.39, 0.29) is 11.3 Å². The van der Waals surface area contributed by atoms with Crippen LogP contribution in [0.4, 0.5) is 4.39 Å². The number of carbonyl (C=O) groups excluding carboxylic acids is 1. The number of rotatable bonds is 3. The maximum Gasteiger partial charge on any atom is 0.151 e. The molecule has 0 aromatic heterocycles. The third-order valence-corrected chi connectivity index (χ3v) is 1.98. The maximum absolute atomic E-state index is 13.2. The first-order chi connectivity index (χ1) is 6.56. The molecule has 0 aliphatic heterocycles. The zero-order valence-electron chi connectivity index (χ0n) is 8.08. The van der Waals surface area contributed by atoms with Gasteiger partial charge < -0.3 is 10.5 Å². The number of benzene rings is 1.